The molecule has 1 heterocycles. The van der Waals surface area contributed by atoms with Gasteiger partial charge in [-0.15, -0.1) is 0 Å². The van der Waals surface area contributed by atoms with E-state index in [-0.39, 0.29) is 5.91 Å². The summed E-state index contributed by atoms with van der Waals surface area (Å²) in [5.41, 5.74) is 1.12. The fourth-order valence-electron chi connectivity index (χ4n) is 2.27. The molecule has 0 spiro atoms. The van der Waals surface area contributed by atoms with Crippen LogP contribution >= 0.6 is 11.8 Å². The minimum absolute atomic E-state index is 0.0906. The fraction of sp³-hybridized carbons (Fsp3) is 0.421. The highest BCUT2D eigenvalue weighted by Gasteiger charge is 2.16. The van der Waals surface area contributed by atoms with Gasteiger partial charge in [0.15, 0.2) is 6.10 Å². The second-order valence-corrected chi connectivity index (χ2v) is 6.98. The van der Waals surface area contributed by atoms with Gasteiger partial charge in [0.05, 0.1) is 12.0 Å². The van der Waals surface area contributed by atoms with Crippen molar-refractivity contribution in [3.05, 3.63) is 54.0 Å². The molecule has 0 saturated carbocycles. The highest BCUT2D eigenvalue weighted by Crippen LogP contribution is 2.26. The van der Waals surface area contributed by atoms with E-state index in [1.165, 1.54) is 0 Å². The van der Waals surface area contributed by atoms with E-state index < -0.39 is 6.10 Å². The lowest BCUT2D eigenvalue weighted by Crippen LogP contribution is -2.37. The van der Waals surface area contributed by atoms with Gasteiger partial charge in [-0.25, -0.2) is 0 Å². The number of hydrogen-bond donors (Lipinski definition) is 1. The average molecular weight is 347 g/mol. The molecule has 0 bridgehead atoms. The number of furan rings is 1. The van der Waals surface area contributed by atoms with Gasteiger partial charge in [0.25, 0.3) is 5.91 Å². The molecule has 0 aliphatic rings. The van der Waals surface area contributed by atoms with Crippen molar-refractivity contribution in [2.75, 3.05) is 12.3 Å². The first kappa shape index (κ1) is 18.5. The molecule has 0 fully saturated rings. The molecular formula is C19H25NO3S. The molecule has 4 nitrogen and oxygen atoms in total. The van der Waals surface area contributed by atoms with Gasteiger partial charge < -0.3 is 14.5 Å². The summed E-state index contributed by atoms with van der Waals surface area (Å²) >= 11 is 1.73. The van der Waals surface area contributed by atoms with Crippen molar-refractivity contribution >= 4 is 17.7 Å². The van der Waals surface area contributed by atoms with Crippen molar-refractivity contribution in [3.8, 4) is 5.75 Å². The lowest BCUT2D eigenvalue weighted by atomic mass is 10.0. The zero-order valence-corrected chi connectivity index (χ0v) is 15.3. The Morgan fingerprint density at radius 3 is 2.71 bits per heavy atom. The monoisotopic (exact) mass is 347 g/mol. The van der Waals surface area contributed by atoms with Gasteiger partial charge in [-0.05, 0) is 36.6 Å². The smallest absolute Gasteiger partial charge is 0.260 e. The third kappa shape index (κ3) is 5.64. The van der Waals surface area contributed by atoms with Crippen LogP contribution in [0, 0.1) is 0 Å². The number of para-hydroxylation sites is 1. The van der Waals surface area contributed by atoms with Crippen molar-refractivity contribution in [1.29, 1.82) is 0 Å². The lowest BCUT2D eigenvalue weighted by molar-refractivity contribution is -0.127. The summed E-state index contributed by atoms with van der Waals surface area (Å²) in [6.45, 7) is 6.62. The third-order valence-electron chi connectivity index (χ3n) is 3.58. The number of ether oxygens (including phenoxy) is 1. The van der Waals surface area contributed by atoms with E-state index in [0.29, 0.717) is 12.5 Å². The summed E-state index contributed by atoms with van der Waals surface area (Å²) in [7, 11) is 0. The largest absolute Gasteiger partial charge is 0.481 e. The first-order valence-corrected chi connectivity index (χ1v) is 9.37. The Bertz CT molecular complexity index is 625. The molecule has 0 saturated heterocycles. The van der Waals surface area contributed by atoms with E-state index in [9.17, 15) is 4.79 Å². The number of benzene rings is 1. The van der Waals surface area contributed by atoms with E-state index in [1.54, 1.807) is 24.9 Å². The first-order chi connectivity index (χ1) is 11.6. The molecule has 24 heavy (non-hydrogen) atoms. The highest BCUT2D eigenvalue weighted by atomic mass is 32.2. The third-order valence-corrected chi connectivity index (χ3v) is 4.57. The number of carbonyl (C=O) groups excluding carboxylic acids is 1. The van der Waals surface area contributed by atoms with Crippen LogP contribution in [0.25, 0.3) is 0 Å². The normalized spacial score (nSPS) is 12.2. The Kier molecular flexibility index (Phi) is 7.25. The van der Waals surface area contributed by atoms with Crippen LogP contribution in [-0.2, 0) is 10.5 Å². The van der Waals surface area contributed by atoms with Gasteiger partial charge in [0, 0.05) is 12.3 Å². The molecule has 1 aromatic heterocycles. The van der Waals surface area contributed by atoms with Crippen LogP contribution in [0.4, 0.5) is 0 Å². The quantitative estimate of drug-likeness (QED) is 0.690. The Morgan fingerprint density at radius 1 is 1.21 bits per heavy atom. The Morgan fingerprint density at radius 2 is 2.00 bits per heavy atom. The molecular weight excluding hydrogens is 322 g/mol. The Labute approximate surface area is 148 Å². The average Bonchev–Trinajstić information content (AvgIpc) is 3.08. The second-order valence-electron chi connectivity index (χ2n) is 5.88. The van der Waals surface area contributed by atoms with Crippen LogP contribution in [0.1, 0.15) is 38.0 Å². The standard InChI is InChI=1S/C19H25NO3S/c1-14(2)17-8-4-5-9-18(17)23-15(3)19(21)20-10-12-24-13-16-7-6-11-22-16/h4-9,11,14-15H,10,12-13H2,1-3H3,(H,20,21)/t15-/m1/s1. The predicted octanol–water partition coefficient (Wildman–Crippen LogP) is 4.22. The van der Waals surface area contributed by atoms with Crippen LogP contribution in [0.15, 0.2) is 47.1 Å². The lowest BCUT2D eigenvalue weighted by Gasteiger charge is -2.18. The van der Waals surface area contributed by atoms with E-state index in [2.05, 4.69) is 19.2 Å². The second kappa shape index (κ2) is 9.42. The highest BCUT2D eigenvalue weighted by molar-refractivity contribution is 7.98. The van der Waals surface area contributed by atoms with Crippen LogP contribution in [0.2, 0.25) is 0 Å². The minimum atomic E-state index is -0.514. The molecule has 2 aromatic rings. The fourth-order valence-corrected chi connectivity index (χ4v) is 3.02. The van der Waals surface area contributed by atoms with Crippen LogP contribution < -0.4 is 10.1 Å². The summed E-state index contributed by atoms with van der Waals surface area (Å²) in [6, 6.07) is 11.7. The van der Waals surface area contributed by atoms with Crippen LogP contribution in [0.5, 0.6) is 5.75 Å². The molecule has 1 N–H and O–H groups in total. The van der Waals surface area contributed by atoms with Gasteiger partial charge in [0.2, 0.25) is 0 Å². The molecule has 5 heteroatoms. The SMILES string of the molecule is CC(C)c1ccccc1O[C@H](C)C(=O)NCCSCc1ccco1. The predicted molar refractivity (Wildman–Crippen MR) is 98.5 cm³/mol. The first-order valence-electron chi connectivity index (χ1n) is 8.21. The molecule has 1 amide bonds. The summed E-state index contributed by atoms with van der Waals surface area (Å²) in [5, 5.41) is 2.92. The zero-order chi connectivity index (χ0) is 17.4. The summed E-state index contributed by atoms with van der Waals surface area (Å²) in [5.74, 6) is 3.65. The number of carbonyl (C=O) groups is 1. The van der Waals surface area contributed by atoms with Gasteiger partial charge in [0.1, 0.15) is 11.5 Å². The van der Waals surface area contributed by atoms with Crippen LogP contribution in [0.3, 0.4) is 0 Å². The molecule has 0 aliphatic carbocycles. The van der Waals surface area contributed by atoms with E-state index in [0.717, 1.165) is 28.6 Å². The van der Waals surface area contributed by atoms with Crippen molar-refractivity contribution < 1.29 is 13.9 Å². The van der Waals surface area contributed by atoms with Crippen LogP contribution in [-0.4, -0.2) is 24.3 Å². The maximum atomic E-state index is 12.2. The summed E-state index contributed by atoms with van der Waals surface area (Å²) in [4.78, 5) is 12.2. The number of hydrogen-bond acceptors (Lipinski definition) is 4. The molecule has 0 unspecified atom stereocenters. The Hall–Kier alpha value is -1.88. The minimum Gasteiger partial charge on any atom is -0.481 e. The zero-order valence-electron chi connectivity index (χ0n) is 14.5. The Balaban J connectivity index is 1.72. The molecule has 1 aromatic carbocycles. The molecule has 130 valence electrons. The van der Waals surface area contributed by atoms with Gasteiger partial charge >= 0.3 is 0 Å². The van der Waals surface area contributed by atoms with Gasteiger partial charge in [-0.1, -0.05) is 32.0 Å². The maximum Gasteiger partial charge on any atom is 0.260 e. The molecule has 0 aliphatic heterocycles. The molecule has 2 rings (SSSR count). The van der Waals surface area contributed by atoms with Crippen molar-refractivity contribution in [3.63, 3.8) is 0 Å². The van der Waals surface area contributed by atoms with Crippen molar-refractivity contribution in [1.82, 2.24) is 5.32 Å². The maximum absolute atomic E-state index is 12.2. The summed E-state index contributed by atoms with van der Waals surface area (Å²) in [6.07, 6.45) is 1.16. The summed E-state index contributed by atoms with van der Waals surface area (Å²) < 4.78 is 11.1. The van der Waals surface area contributed by atoms with E-state index in [1.807, 2.05) is 36.4 Å². The van der Waals surface area contributed by atoms with E-state index >= 15 is 0 Å². The van der Waals surface area contributed by atoms with E-state index in [4.69, 9.17) is 9.15 Å². The van der Waals surface area contributed by atoms with Gasteiger partial charge in [-0.2, -0.15) is 11.8 Å². The van der Waals surface area contributed by atoms with Crippen molar-refractivity contribution in [2.24, 2.45) is 0 Å². The topological polar surface area (TPSA) is 51.5 Å². The number of rotatable bonds is 9. The molecule has 1 atom stereocenters. The molecule has 0 radical (unpaired) electrons. The number of amides is 1. The van der Waals surface area contributed by atoms with Crippen molar-refractivity contribution in [2.45, 2.75) is 38.5 Å². The number of nitrogens with one attached hydrogen (secondary N) is 1. The number of thioether (sulfide) groups is 1. The van der Waals surface area contributed by atoms with Gasteiger partial charge in [-0.3, -0.25) is 4.79 Å².